The van der Waals surface area contributed by atoms with Crippen molar-refractivity contribution in [2.75, 3.05) is 5.32 Å². The van der Waals surface area contributed by atoms with E-state index in [4.69, 9.17) is 11.6 Å². The van der Waals surface area contributed by atoms with Gasteiger partial charge in [0.25, 0.3) is 0 Å². The first-order valence-electron chi connectivity index (χ1n) is 8.33. The number of halogens is 1. The maximum Gasteiger partial charge on any atom is 0.235 e. The molecule has 0 atom stereocenters. The van der Waals surface area contributed by atoms with E-state index in [0.717, 1.165) is 31.4 Å². The van der Waals surface area contributed by atoms with Crippen molar-refractivity contribution in [3.63, 3.8) is 0 Å². The van der Waals surface area contributed by atoms with Crippen LogP contribution in [0.25, 0.3) is 0 Å². The molecule has 0 aliphatic heterocycles. The third-order valence-corrected chi connectivity index (χ3v) is 4.64. The molecule has 0 radical (unpaired) electrons. The summed E-state index contributed by atoms with van der Waals surface area (Å²) in [6.07, 6.45) is 5.36. The lowest BCUT2D eigenvalue weighted by Gasteiger charge is -2.34. The molecule has 24 heavy (non-hydrogen) atoms. The van der Waals surface area contributed by atoms with E-state index in [1.165, 1.54) is 6.42 Å². The highest BCUT2D eigenvalue weighted by atomic mass is 35.5. The van der Waals surface area contributed by atoms with Gasteiger partial charge in [-0.25, -0.2) is 0 Å². The second kappa shape index (κ2) is 7.55. The molecule has 1 saturated carbocycles. The predicted molar refractivity (Wildman–Crippen MR) is 99.4 cm³/mol. The Labute approximate surface area is 148 Å². The lowest BCUT2D eigenvalue weighted by atomic mass is 9.81. The van der Waals surface area contributed by atoms with E-state index in [0.29, 0.717) is 10.6 Å². The van der Waals surface area contributed by atoms with Crippen molar-refractivity contribution in [2.45, 2.75) is 37.6 Å². The van der Waals surface area contributed by atoms with Crippen molar-refractivity contribution in [1.82, 2.24) is 0 Å². The van der Waals surface area contributed by atoms with Crippen LogP contribution in [0.2, 0.25) is 5.02 Å². The maximum absolute atomic E-state index is 12.3. The molecule has 2 aromatic carbocycles. The van der Waals surface area contributed by atoms with Gasteiger partial charge in [0, 0.05) is 16.3 Å². The molecule has 2 nitrogen and oxygen atoms in total. The topological polar surface area (TPSA) is 29.1 Å². The van der Waals surface area contributed by atoms with E-state index in [9.17, 15) is 4.79 Å². The number of ketones is 1. The Kier molecular flexibility index (Phi) is 5.23. The molecule has 1 aliphatic carbocycles. The molecule has 0 unspecified atom stereocenters. The van der Waals surface area contributed by atoms with Gasteiger partial charge in [-0.15, -0.1) is 0 Å². The van der Waals surface area contributed by atoms with Gasteiger partial charge in [-0.3, -0.25) is 4.79 Å². The Bertz CT molecular complexity index is 750. The molecule has 0 amide bonds. The molecule has 1 N–H and O–H groups in total. The summed E-state index contributed by atoms with van der Waals surface area (Å²) in [5.41, 5.74) is 1.29. The molecule has 2 aromatic rings. The van der Waals surface area contributed by atoms with Crippen molar-refractivity contribution in [1.29, 1.82) is 0 Å². The average Bonchev–Trinajstić information content (AvgIpc) is 2.63. The normalized spacial score (nSPS) is 15.9. The molecule has 0 bridgehead atoms. The van der Waals surface area contributed by atoms with Crippen LogP contribution in [-0.4, -0.2) is 11.3 Å². The van der Waals surface area contributed by atoms with Crippen LogP contribution < -0.4 is 5.32 Å². The number of benzene rings is 2. The van der Waals surface area contributed by atoms with Gasteiger partial charge in [0.05, 0.1) is 5.54 Å². The Morgan fingerprint density at radius 2 is 1.62 bits per heavy atom. The van der Waals surface area contributed by atoms with E-state index in [1.807, 2.05) is 42.5 Å². The lowest BCUT2D eigenvalue weighted by Crippen LogP contribution is -2.39. The summed E-state index contributed by atoms with van der Waals surface area (Å²) in [6.45, 7) is 0. The standard InChI is InChI=1S/C21H20ClNO/c22-18-9-11-19(12-10-18)23-21(14-5-2-6-15-21)16-13-20(24)17-7-3-1-4-8-17/h1,3-4,7-12,23H,2,5-6,14-15H2. The molecule has 3 rings (SSSR count). The summed E-state index contributed by atoms with van der Waals surface area (Å²) in [7, 11) is 0. The van der Waals surface area contributed by atoms with Gasteiger partial charge in [0.1, 0.15) is 0 Å². The van der Waals surface area contributed by atoms with Crippen molar-refractivity contribution < 1.29 is 4.79 Å². The number of carbonyl (C=O) groups excluding carboxylic acids is 1. The van der Waals surface area contributed by atoms with Gasteiger partial charge >= 0.3 is 0 Å². The number of hydrogen-bond acceptors (Lipinski definition) is 2. The predicted octanol–water partition coefficient (Wildman–Crippen LogP) is 5.34. The van der Waals surface area contributed by atoms with Crippen LogP contribution in [0.1, 0.15) is 42.5 Å². The zero-order valence-electron chi connectivity index (χ0n) is 13.5. The minimum absolute atomic E-state index is 0.126. The van der Waals surface area contributed by atoms with E-state index in [1.54, 1.807) is 12.1 Å². The fraction of sp³-hybridized carbons (Fsp3) is 0.286. The number of carbonyl (C=O) groups is 1. The molecule has 1 fully saturated rings. The molecule has 0 saturated heterocycles. The van der Waals surface area contributed by atoms with Gasteiger partial charge in [-0.1, -0.05) is 67.1 Å². The van der Waals surface area contributed by atoms with Gasteiger partial charge in [0.15, 0.2) is 0 Å². The fourth-order valence-electron chi connectivity index (χ4n) is 3.08. The van der Waals surface area contributed by atoms with Crippen molar-refractivity contribution >= 4 is 23.1 Å². The largest absolute Gasteiger partial charge is 0.369 e. The van der Waals surface area contributed by atoms with Crippen LogP contribution in [0, 0.1) is 11.8 Å². The number of rotatable bonds is 3. The zero-order chi connectivity index (χ0) is 16.8. The zero-order valence-corrected chi connectivity index (χ0v) is 14.3. The molecule has 0 spiro atoms. The van der Waals surface area contributed by atoms with Gasteiger partial charge in [-0.05, 0) is 43.0 Å². The van der Waals surface area contributed by atoms with Gasteiger partial charge < -0.3 is 5.32 Å². The summed E-state index contributed by atoms with van der Waals surface area (Å²) in [4.78, 5) is 12.3. The van der Waals surface area contributed by atoms with Crippen LogP contribution >= 0.6 is 11.6 Å². The van der Waals surface area contributed by atoms with Crippen LogP contribution in [0.3, 0.4) is 0 Å². The van der Waals surface area contributed by atoms with Crippen molar-refractivity contribution in [2.24, 2.45) is 0 Å². The number of hydrogen-bond donors (Lipinski definition) is 1. The number of nitrogens with one attached hydrogen (secondary N) is 1. The third-order valence-electron chi connectivity index (χ3n) is 4.39. The minimum Gasteiger partial charge on any atom is -0.369 e. The van der Waals surface area contributed by atoms with E-state index in [2.05, 4.69) is 17.2 Å². The first kappa shape index (κ1) is 16.6. The first-order valence-corrected chi connectivity index (χ1v) is 8.71. The highest BCUT2D eigenvalue weighted by Crippen LogP contribution is 2.31. The molecule has 0 heterocycles. The molecule has 1 aliphatic rings. The Hall–Kier alpha value is -2.24. The number of anilines is 1. The summed E-state index contributed by atoms with van der Waals surface area (Å²) in [5.74, 6) is 5.99. The van der Waals surface area contributed by atoms with E-state index < -0.39 is 0 Å². The SMILES string of the molecule is O=C(C#CC1(Nc2ccc(Cl)cc2)CCCCC1)c1ccccc1. The highest BCUT2D eigenvalue weighted by Gasteiger charge is 2.30. The van der Waals surface area contributed by atoms with Gasteiger partial charge in [0.2, 0.25) is 5.78 Å². The van der Waals surface area contributed by atoms with Crippen LogP contribution in [0.4, 0.5) is 5.69 Å². The number of Topliss-reactive ketones (excluding diaryl/α,β-unsaturated/α-hetero) is 1. The molecule has 0 aromatic heterocycles. The van der Waals surface area contributed by atoms with Crippen LogP contribution in [0.15, 0.2) is 54.6 Å². The molecule has 3 heteroatoms. The summed E-state index contributed by atoms with van der Waals surface area (Å²) in [5, 5.41) is 4.26. The Morgan fingerprint density at radius 1 is 0.958 bits per heavy atom. The average molecular weight is 338 g/mol. The van der Waals surface area contributed by atoms with Crippen LogP contribution in [0.5, 0.6) is 0 Å². The Morgan fingerprint density at radius 3 is 2.29 bits per heavy atom. The molecular formula is C21H20ClNO. The van der Waals surface area contributed by atoms with E-state index >= 15 is 0 Å². The summed E-state index contributed by atoms with van der Waals surface area (Å²) in [6, 6.07) is 16.9. The summed E-state index contributed by atoms with van der Waals surface area (Å²) < 4.78 is 0. The second-order valence-corrected chi connectivity index (χ2v) is 6.66. The monoisotopic (exact) mass is 337 g/mol. The van der Waals surface area contributed by atoms with Crippen molar-refractivity contribution in [3.05, 3.63) is 65.2 Å². The van der Waals surface area contributed by atoms with E-state index in [-0.39, 0.29) is 11.3 Å². The minimum atomic E-state index is -0.337. The van der Waals surface area contributed by atoms with Gasteiger partial charge in [-0.2, -0.15) is 0 Å². The smallest absolute Gasteiger partial charge is 0.235 e. The third kappa shape index (κ3) is 4.19. The molecule has 122 valence electrons. The van der Waals surface area contributed by atoms with Crippen molar-refractivity contribution in [3.8, 4) is 11.8 Å². The lowest BCUT2D eigenvalue weighted by molar-refractivity contribution is 0.105. The maximum atomic E-state index is 12.3. The first-order chi connectivity index (χ1) is 11.7. The highest BCUT2D eigenvalue weighted by molar-refractivity contribution is 6.30. The molecular weight excluding hydrogens is 318 g/mol. The second-order valence-electron chi connectivity index (χ2n) is 6.22. The fourth-order valence-corrected chi connectivity index (χ4v) is 3.21. The Balaban J connectivity index is 1.83. The summed E-state index contributed by atoms with van der Waals surface area (Å²) >= 11 is 5.96. The van der Waals surface area contributed by atoms with Crippen LogP contribution in [-0.2, 0) is 0 Å². The quantitative estimate of drug-likeness (QED) is 0.465.